The summed E-state index contributed by atoms with van der Waals surface area (Å²) in [5.41, 5.74) is 0. The van der Waals surface area contributed by atoms with Crippen LogP contribution in [0.2, 0.25) is 0 Å². The second-order valence-electron chi connectivity index (χ2n) is 3.20. The molecule has 1 rings (SSSR count). The van der Waals surface area contributed by atoms with E-state index >= 15 is 0 Å². The Kier molecular flexibility index (Phi) is 16.3. The van der Waals surface area contributed by atoms with E-state index in [1.54, 1.807) is 13.8 Å². The largest absolute Gasteiger partial charge is 0.466 e. The second-order valence-corrected chi connectivity index (χ2v) is 3.20. The fraction of sp³-hybridized carbons (Fsp3) is 0.833. The normalized spacial score (nSPS) is 13.4. The summed E-state index contributed by atoms with van der Waals surface area (Å²) in [5.74, 6) is 0.0440. The molecule has 5 nitrogen and oxygen atoms in total. The number of Topliss-reactive ketones (excluding diaryl/α,β-unsaturated/α-hetero) is 1. The molecule has 0 amide bonds. The first-order valence-electron chi connectivity index (χ1n) is 5.82. The third-order valence-corrected chi connectivity index (χ3v) is 1.59. The lowest BCUT2D eigenvalue weighted by atomic mass is 10.4. The lowest BCUT2D eigenvalue weighted by Gasteiger charge is -2.09. The predicted molar refractivity (Wildman–Crippen MR) is 64.9 cm³/mol. The number of hydrogen-bond donors (Lipinski definition) is 0. The van der Waals surface area contributed by atoms with Gasteiger partial charge in [-0.15, -0.1) is 0 Å². The van der Waals surface area contributed by atoms with E-state index in [1.165, 1.54) is 6.92 Å². The van der Waals surface area contributed by atoms with Crippen molar-refractivity contribution in [3.8, 4) is 0 Å². The minimum atomic E-state index is -0.211. The van der Waals surface area contributed by atoms with Crippen LogP contribution in [0, 0.1) is 0 Å². The summed E-state index contributed by atoms with van der Waals surface area (Å²) in [6.45, 7) is 10.2. The molecule has 1 saturated heterocycles. The smallest absolute Gasteiger partial charge is 0.302 e. The van der Waals surface area contributed by atoms with Crippen LogP contribution in [0.4, 0.5) is 0 Å². The van der Waals surface area contributed by atoms with Crippen LogP contribution >= 0.6 is 0 Å². The topological polar surface area (TPSA) is 61.8 Å². The van der Waals surface area contributed by atoms with Crippen LogP contribution in [0.25, 0.3) is 0 Å². The van der Waals surface area contributed by atoms with Gasteiger partial charge >= 0.3 is 5.97 Å². The van der Waals surface area contributed by atoms with E-state index in [-0.39, 0.29) is 11.8 Å². The van der Waals surface area contributed by atoms with Gasteiger partial charge in [-0.1, -0.05) is 6.92 Å². The first-order valence-corrected chi connectivity index (χ1v) is 5.82. The van der Waals surface area contributed by atoms with Gasteiger partial charge in [-0.3, -0.25) is 4.79 Å². The summed E-state index contributed by atoms with van der Waals surface area (Å²) < 4.78 is 14.3. The Morgan fingerprint density at radius 2 is 1.35 bits per heavy atom. The summed E-state index contributed by atoms with van der Waals surface area (Å²) in [6, 6.07) is 0. The Morgan fingerprint density at radius 3 is 1.41 bits per heavy atom. The molecule has 1 aliphatic rings. The Hall–Kier alpha value is -0.940. The first kappa shape index (κ1) is 18.4. The third kappa shape index (κ3) is 25.4. The highest BCUT2D eigenvalue weighted by Gasteiger charge is 1.94. The molecule has 17 heavy (non-hydrogen) atoms. The summed E-state index contributed by atoms with van der Waals surface area (Å²) >= 11 is 0. The average Bonchev–Trinajstić information content (AvgIpc) is 2.32. The summed E-state index contributed by atoms with van der Waals surface area (Å²) in [4.78, 5) is 19.6. The van der Waals surface area contributed by atoms with E-state index in [0.29, 0.717) is 13.0 Å². The van der Waals surface area contributed by atoms with E-state index in [2.05, 4.69) is 4.74 Å². The third-order valence-electron chi connectivity index (χ3n) is 1.59. The fourth-order valence-electron chi connectivity index (χ4n) is 0.643. The Morgan fingerprint density at radius 1 is 1.00 bits per heavy atom. The molecule has 102 valence electrons. The Bertz CT molecular complexity index is 176. The maximum atomic E-state index is 9.82. The zero-order valence-electron chi connectivity index (χ0n) is 11.3. The van der Waals surface area contributed by atoms with E-state index in [4.69, 9.17) is 9.47 Å². The van der Waals surface area contributed by atoms with Crippen molar-refractivity contribution >= 4 is 11.8 Å². The Labute approximate surface area is 103 Å². The van der Waals surface area contributed by atoms with Crippen LogP contribution < -0.4 is 0 Å². The number of rotatable bonds is 2. The molecule has 0 N–H and O–H groups in total. The number of esters is 1. The number of ether oxygens (including phenoxy) is 3. The molecule has 0 bridgehead atoms. The second kappa shape index (κ2) is 15.1. The van der Waals surface area contributed by atoms with Crippen molar-refractivity contribution in [1.29, 1.82) is 0 Å². The van der Waals surface area contributed by atoms with Gasteiger partial charge in [0.2, 0.25) is 0 Å². The van der Waals surface area contributed by atoms with Crippen molar-refractivity contribution in [3.63, 3.8) is 0 Å². The summed E-state index contributed by atoms with van der Waals surface area (Å²) in [6.07, 6.45) is 0.667. The lowest BCUT2D eigenvalue weighted by Crippen LogP contribution is -2.16. The number of carbonyl (C=O) groups is 2. The zero-order chi connectivity index (χ0) is 13.5. The minimum absolute atomic E-state index is 0.211. The molecule has 5 heteroatoms. The molecule has 0 atom stereocenters. The number of carbonyl (C=O) groups excluding carboxylic acids is 2. The highest BCUT2D eigenvalue weighted by atomic mass is 16.6. The van der Waals surface area contributed by atoms with E-state index in [9.17, 15) is 9.59 Å². The van der Waals surface area contributed by atoms with Crippen molar-refractivity contribution in [2.45, 2.75) is 34.1 Å². The lowest BCUT2D eigenvalue weighted by molar-refractivity contribution is -0.140. The van der Waals surface area contributed by atoms with Crippen LogP contribution in [0.3, 0.4) is 0 Å². The van der Waals surface area contributed by atoms with Crippen LogP contribution in [-0.2, 0) is 23.8 Å². The molecule has 0 aliphatic carbocycles. The highest BCUT2D eigenvalue weighted by Crippen LogP contribution is 1.85. The standard InChI is InChI=1S/2C4H8O2.C4H8O/c1-2-6-4-3-5-1;1-3-6-4(2)5;1-3-4(2)5/h1-4H2;3H2,1-2H3;3H2,1-2H3. The van der Waals surface area contributed by atoms with Gasteiger partial charge in [0.15, 0.2) is 0 Å². The van der Waals surface area contributed by atoms with Gasteiger partial charge < -0.3 is 19.0 Å². The molecular formula is C12H24O5. The molecule has 0 aromatic rings. The maximum absolute atomic E-state index is 9.82. The van der Waals surface area contributed by atoms with Crippen molar-refractivity contribution in [2.24, 2.45) is 0 Å². The van der Waals surface area contributed by atoms with Crippen LogP contribution in [0.15, 0.2) is 0 Å². The number of hydrogen-bond acceptors (Lipinski definition) is 5. The molecule has 0 aromatic carbocycles. The van der Waals surface area contributed by atoms with Gasteiger partial charge in [-0.2, -0.15) is 0 Å². The zero-order valence-corrected chi connectivity index (χ0v) is 11.3. The molecule has 0 saturated carbocycles. The van der Waals surface area contributed by atoms with E-state index in [1.807, 2.05) is 6.92 Å². The first-order chi connectivity index (χ1) is 8.04. The average molecular weight is 248 g/mol. The number of ketones is 1. The quantitative estimate of drug-likeness (QED) is 0.694. The SMILES string of the molecule is C1COCCO1.CCC(C)=O.CCOC(C)=O. The fourth-order valence-corrected chi connectivity index (χ4v) is 0.643. The molecule has 0 spiro atoms. The molecule has 1 fully saturated rings. The van der Waals surface area contributed by atoms with Crippen molar-refractivity contribution in [2.75, 3.05) is 33.0 Å². The van der Waals surface area contributed by atoms with E-state index < -0.39 is 0 Å². The predicted octanol–water partition coefficient (Wildman–Crippen LogP) is 1.59. The van der Waals surface area contributed by atoms with Crippen LogP contribution in [0.1, 0.15) is 34.1 Å². The van der Waals surface area contributed by atoms with Crippen molar-refractivity contribution in [1.82, 2.24) is 0 Å². The Balaban J connectivity index is 0. The van der Waals surface area contributed by atoms with Gasteiger partial charge in [0, 0.05) is 13.3 Å². The molecule has 0 unspecified atom stereocenters. The van der Waals surface area contributed by atoms with Crippen LogP contribution in [-0.4, -0.2) is 44.8 Å². The van der Waals surface area contributed by atoms with Crippen molar-refractivity contribution < 1.29 is 23.8 Å². The van der Waals surface area contributed by atoms with E-state index in [0.717, 1.165) is 26.4 Å². The summed E-state index contributed by atoms with van der Waals surface area (Å²) in [7, 11) is 0. The molecule has 0 aromatic heterocycles. The molecular weight excluding hydrogens is 224 g/mol. The van der Waals surface area contributed by atoms with Crippen LogP contribution in [0.5, 0.6) is 0 Å². The summed E-state index contributed by atoms with van der Waals surface area (Å²) in [5, 5.41) is 0. The monoisotopic (exact) mass is 248 g/mol. The van der Waals surface area contributed by atoms with Gasteiger partial charge in [-0.05, 0) is 13.8 Å². The maximum Gasteiger partial charge on any atom is 0.302 e. The minimum Gasteiger partial charge on any atom is -0.466 e. The van der Waals surface area contributed by atoms with Gasteiger partial charge in [0.1, 0.15) is 5.78 Å². The highest BCUT2D eigenvalue weighted by molar-refractivity contribution is 5.74. The molecule has 1 aliphatic heterocycles. The van der Waals surface area contributed by atoms with Crippen molar-refractivity contribution in [3.05, 3.63) is 0 Å². The van der Waals surface area contributed by atoms with Gasteiger partial charge in [0.25, 0.3) is 0 Å². The van der Waals surface area contributed by atoms with Gasteiger partial charge in [-0.25, -0.2) is 0 Å². The van der Waals surface area contributed by atoms with Gasteiger partial charge in [0.05, 0.1) is 33.0 Å². The molecule has 0 radical (unpaired) electrons. The molecule has 1 heterocycles.